The largest absolute Gasteiger partial charge is 0.388 e. The second kappa shape index (κ2) is 5.54. The molecule has 1 N–H and O–H groups in total. The van der Waals surface area contributed by atoms with Crippen LogP contribution in [-0.4, -0.2) is 5.11 Å². The number of hydrogen-bond acceptors (Lipinski definition) is 1. The maximum absolute atomic E-state index is 13.8. The molecule has 0 spiro atoms. The van der Waals surface area contributed by atoms with E-state index >= 15 is 0 Å². The van der Waals surface area contributed by atoms with E-state index in [1.54, 1.807) is 6.07 Å². The molecule has 2 rings (SSSR count). The number of rotatable bonds is 3. The minimum atomic E-state index is -0.805. The summed E-state index contributed by atoms with van der Waals surface area (Å²) in [6, 6.07) is 11.1. The van der Waals surface area contributed by atoms with E-state index < -0.39 is 6.10 Å². The van der Waals surface area contributed by atoms with E-state index in [-0.39, 0.29) is 5.82 Å². The summed E-state index contributed by atoms with van der Waals surface area (Å²) in [5, 5.41) is 10.2. The van der Waals surface area contributed by atoms with Gasteiger partial charge >= 0.3 is 0 Å². The fourth-order valence-corrected chi connectivity index (χ4v) is 2.24. The predicted octanol–water partition coefficient (Wildman–Crippen LogP) is 4.03. The summed E-state index contributed by atoms with van der Waals surface area (Å²) < 4.78 is 13.8. The molecule has 1 nitrogen and oxygen atoms in total. The Morgan fingerprint density at radius 2 is 1.63 bits per heavy atom. The maximum atomic E-state index is 13.8. The van der Waals surface area contributed by atoms with Gasteiger partial charge in [-0.05, 0) is 43.5 Å². The molecule has 0 aliphatic carbocycles. The average molecular weight is 258 g/mol. The Bertz CT molecular complexity index is 590. The van der Waals surface area contributed by atoms with Crippen LogP contribution in [0.1, 0.15) is 33.9 Å². The first-order valence-corrected chi connectivity index (χ1v) is 6.47. The summed E-state index contributed by atoms with van der Waals surface area (Å²) >= 11 is 0. The Morgan fingerprint density at radius 3 is 2.32 bits per heavy atom. The lowest BCUT2D eigenvalue weighted by Crippen LogP contribution is -2.06. The van der Waals surface area contributed by atoms with Crippen LogP contribution in [0.25, 0.3) is 0 Å². The molecular weight excluding hydrogens is 239 g/mol. The van der Waals surface area contributed by atoms with Crippen molar-refractivity contribution in [2.75, 3.05) is 0 Å². The van der Waals surface area contributed by atoms with Crippen molar-refractivity contribution in [2.24, 2.45) is 0 Å². The highest BCUT2D eigenvalue weighted by molar-refractivity contribution is 5.33. The average Bonchev–Trinajstić information content (AvgIpc) is 2.33. The van der Waals surface area contributed by atoms with Crippen LogP contribution in [0.3, 0.4) is 0 Å². The molecule has 0 saturated heterocycles. The van der Waals surface area contributed by atoms with E-state index in [2.05, 4.69) is 0 Å². The van der Waals surface area contributed by atoms with Gasteiger partial charge in [-0.2, -0.15) is 0 Å². The fourth-order valence-electron chi connectivity index (χ4n) is 2.24. The van der Waals surface area contributed by atoms with Gasteiger partial charge in [-0.15, -0.1) is 0 Å². The van der Waals surface area contributed by atoms with Gasteiger partial charge in [0.05, 0.1) is 6.10 Å². The van der Waals surface area contributed by atoms with Gasteiger partial charge in [-0.1, -0.05) is 35.9 Å². The SMILES string of the molecule is Cc1ccc(C(O)Cc2cc(C)ccc2C)c(F)c1. The highest BCUT2D eigenvalue weighted by atomic mass is 19.1. The Hall–Kier alpha value is -1.67. The van der Waals surface area contributed by atoms with Crippen LogP contribution in [0, 0.1) is 26.6 Å². The molecule has 0 amide bonds. The van der Waals surface area contributed by atoms with E-state index in [0.29, 0.717) is 12.0 Å². The van der Waals surface area contributed by atoms with E-state index in [9.17, 15) is 9.50 Å². The lowest BCUT2D eigenvalue weighted by atomic mass is 9.96. The predicted molar refractivity (Wildman–Crippen MR) is 75.7 cm³/mol. The van der Waals surface area contributed by atoms with Crippen molar-refractivity contribution in [1.82, 2.24) is 0 Å². The second-order valence-corrected chi connectivity index (χ2v) is 5.17. The number of hydrogen-bond donors (Lipinski definition) is 1. The van der Waals surface area contributed by atoms with Crippen molar-refractivity contribution >= 4 is 0 Å². The molecule has 100 valence electrons. The van der Waals surface area contributed by atoms with Gasteiger partial charge < -0.3 is 5.11 Å². The zero-order valence-electron chi connectivity index (χ0n) is 11.6. The maximum Gasteiger partial charge on any atom is 0.129 e. The van der Waals surface area contributed by atoms with Crippen molar-refractivity contribution in [3.8, 4) is 0 Å². The first kappa shape index (κ1) is 13.8. The zero-order valence-corrected chi connectivity index (χ0v) is 11.6. The van der Waals surface area contributed by atoms with Crippen LogP contribution in [0.2, 0.25) is 0 Å². The molecule has 0 saturated carbocycles. The summed E-state index contributed by atoms with van der Waals surface area (Å²) in [5.74, 6) is -0.335. The highest BCUT2D eigenvalue weighted by Gasteiger charge is 2.14. The molecule has 2 aromatic rings. The van der Waals surface area contributed by atoms with Crippen molar-refractivity contribution in [1.29, 1.82) is 0 Å². The van der Waals surface area contributed by atoms with E-state index in [0.717, 1.165) is 22.3 Å². The van der Waals surface area contributed by atoms with Gasteiger partial charge in [0.15, 0.2) is 0 Å². The quantitative estimate of drug-likeness (QED) is 0.881. The summed E-state index contributed by atoms with van der Waals surface area (Å²) in [5.41, 5.74) is 4.56. The minimum absolute atomic E-state index is 0.335. The monoisotopic (exact) mass is 258 g/mol. The molecule has 0 bridgehead atoms. The molecule has 2 heteroatoms. The Morgan fingerprint density at radius 1 is 1.00 bits per heavy atom. The van der Waals surface area contributed by atoms with Crippen LogP contribution in [-0.2, 0) is 6.42 Å². The summed E-state index contributed by atoms with van der Waals surface area (Å²) in [6.45, 7) is 5.86. The molecule has 0 heterocycles. The summed E-state index contributed by atoms with van der Waals surface area (Å²) in [7, 11) is 0. The van der Waals surface area contributed by atoms with Crippen molar-refractivity contribution in [3.05, 3.63) is 70.0 Å². The van der Waals surface area contributed by atoms with Gasteiger partial charge in [0, 0.05) is 12.0 Å². The first-order valence-electron chi connectivity index (χ1n) is 6.47. The van der Waals surface area contributed by atoms with Gasteiger partial charge in [-0.25, -0.2) is 4.39 Å². The Labute approximate surface area is 113 Å². The zero-order chi connectivity index (χ0) is 14.0. The molecule has 0 radical (unpaired) electrons. The highest BCUT2D eigenvalue weighted by Crippen LogP contribution is 2.24. The Kier molecular flexibility index (Phi) is 4.01. The van der Waals surface area contributed by atoms with Crippen LogP contribution in [0.4, 0.5) is 4.39 Å². The van der Waals surface area contributed by atoms with Gasteiger partial charge in [-0.3, -0.25) is 0 Å². The molecule has 19 heavy (non-hydrogen) atoms. The molecule has 0 aromatic heterocycles. The normalized spacial score (nSPS) is 12.5. The van der Waals surface area contributed by atoms with Gasteiger partial charge in [0.1, 0.15) is 5.82 Å². The smallest absolute Gasteiger partial charge is 0.129 e. The van der Waals surface area contributed by atoms with Crippen LogP contribution < -0.4 is 0 Å². The fraction of sp³-hybridized carbons (Fsp3) is 0.294. The van der Waals surface area contributed by atoms with Gasteiger partial charge in [0.2, 0.25) is 0 Å². The van der Waals surface area contributed by atoms with Crippen molar-refractivity contribution in [2.45, 2.75) is 33.3 Å². The second-order valence-electron chi connectivity index (χ2n) is 5.17. The third-order valence-electron chi connectivity index (χ3n) is 3.43. The standard InChI is InChI=1S/C17H19FO/c1-11-4-6-13(3)14(8-11)10-17(19)15-7-5-12(2)9-16(15)18/h4-9,17,19H,10H2,1-3H3. The number of aliphatic hydroxyl groups is 1. The van der Waals surface area contributed by atoms with Crippen LogP contribution in [0.15, 0.2) is 36.4 Å². The third-order valence-corrected chi connectivity index (χ3v) is 3.43. The third kappa shape index (κ3) is 3.21. The summed E-state index contributed by atoms with van der Waals surface area (Å²) in [6.07, 6.45) is -0.367. The van der Waals surface area contributed by atoms with Gasteiger partial charge in [0.25, 0.3) is 0 Å². The van der Waals surface area contributed by atoms with Crippen molar-refractivity contribution < 1.29 is 9.50 Å². The number of aliphatic hydroxyl groups excluding tert-OH is 1. The molecule has 0 aliphatic heterocycles. The van der Waals surface area contributed by atoms with E-state index in [1.165, 1.54) is 6.07 Å². The molecule has 0 fully saturated rings. The van der Waals surface area contributed by atoms with Crippen molar-refractivity contribution in [3.63, 3.8) is 0 Å². The molecule has 0 aliphatic rings. The molecule has 2 aromatic carbocycles. The molecular formula is C17H19FO. The van der Waals surface area contributed by atoms with E-state index in [4.69, 9.17) is 0 Å². The minimum Gasteiger partial charge on any atom is -0.388 e. The number of halogens is 1. The molecule has 1 unspecified atom stereocenters. The molecule has 1 atom stereocenters. The van der Waals surface area contributed by atoms with E-state index in [1.807, 2.05) is 45.0 Å². The lowest BCUT2D eigenvalue weighted by Gasteiger charge is -2.14. The van der Waals surface area contributed by atoms with Crippen LogP contribution in [0.5, 0.6) is 0 Å². The number of aryl methyl sites for hydroxylation is 3. The van der Waals surface area contributed by atoms with Crippen LogP contribution >= 0.6 is 0 Å². The number of benzene rings is 2. The lowest BCUT2D eigenvalue weighted by molar-refractivity contribution is 0.173. The topological polar surface area (TPSA) is 20.2 Å². The summed E-state index contributed by atoms with van der Waals surface area (Å²) in [4.78, 5) is 0. The Balaban J connectivity index is 2.25. The first-order chi connectivity index (χ1) is 8.97.